The smallest absolute Gasteiger partial charge is 0.0568 e. The van der Waals surface area contributed by atoms with Crippen molar-refractivity contribution in [2.24, 2.45) is 52.3 Å². The zero-order valence-corrected chi connectivity index (χ0v) is 20.9. The van der Waals surface area contributed by atoms with Crippen molar-refractivity contribution in [3.8, 4) is 0 Å². The van der Waals surface area contributed by atoms with Gasteiger partial charge in [0, 0.05) is 0 Å². The lowest BCUT2D eigenvalue weighted by molar-refractivity contribution is -0.0764. The van der Waals surface area contributed by atoms with Crippen LogP contribution in [0, 0.1) is 52.3 Å². The van der Waals surface area contributed by atoms with E-state index in [4.69, 9.17) is 0 Å². The summed E-state index contributed by atoms with van der Waals surface area (Å²) < 4.78 is 0. The molecular formula is C29H50O. The highest BCUT2D eigenvalue weighted by Crippen LogP contribution is 2.67. The summed E-state index contributed by atoms with van der Waals surface area (Å²) in [5, 5.41) is 10.5. The van der Waals surface area contributed by atoms with E-state index in [0.29, 0.717) is 22.7 Å². The summed E-state index contributed by atoms with van der Waals surface area (Å²) >= 11 is 0. The highest BCUT2D eigenvalue weighted by molar-refractivity contribution is 5.28. The Morgan fingerprint density at radius 2 is 1.67 bits per heavy atom. The second kappa shape index (κ2) is 8.57. The van der Waals surface area contributed by atoms with Crippen molar-refractivity contribution in [1.82, 2.24) is 0 Å². The average Bonchev–Trinajstić information content (AvgIpc) is 3.01. The Kier molecular flexibility index (Phi) is 6.53. The first kappa shape index (κ1) is 22.9. The fraction of sp³-hybridized carbons (Fsp3) is 0.931. The van der Waals surface area contributed by atoms with Crippen molar-refractivity contribution < 1.29 is 5.11 Å². The molecule has 0 heterocycles. The fourth-order valence-electron chi connectivity index (χ4n) is 8.92. The van der Waals surface area contributed by atoms with Gasteiger partial charge in [-0.05, 0) is 104 Å². The summed E-state index contributed by atoms with van der Waals surface area (Å²) in [6.07, 6.45) is 17.6. The zero-order valence-electron chi connectivity index (χ0n) is 20.9. The van der Waals surface area contributed by atoms with Gasteiger partial charge < -0.3 is 5.11 Å². The summed E-state index contributed by atoms with van der Waals surface area (Å²) in [6, 6.07) is 0. The Balaban J connectivity index is 1.46. The first-order valence-corrected chi connectivity index (χ1v) is 13.5. The van der Waals surface area contributed by atoms with Gasteiger partial charge in [-0.2, -0.15) is 0 Å². The Labute approximate surface area is 187 Å². The zero-order chi connectivity index (χ0) is 21.7. The Morgan fingerprint density at radius 1 is 0.967 bits per heavy atom. The van der Waals surface area contributed by atoms with E-state index >= 15 is 0 Å². The number of aliphatic hydroxyl groups excluding tert-OH is 1. The molecule has 0 amide bonds. The molecule has 1 nitrogen and oxygen atoms in total. The van der Waals surface area contributed by atoms with E-state index < -0.39 is 0 Å². The largest absolute Gasteiger partial charge is 0.393 e. The van der Waals surface area contributed by atoms with Gasteiger partial charge in [-0.3, -0.25) is 0 Å². The van der Waals surface area contributed by atoms with Crippen LogP contribution in [0.1, 0.15) is 112 Å². The molecule has 0 aromatic rings. The van der Waals surface area contributed by atoms with Crippen LogP contribution in [0.15, 0.2) is 11.6 Å². The lowest BCUT2D eigenvalue weighted by atomic mass is 9.46. The van der Waals surface area contributed by atoms with Crippen molar-refractivity contribution in [2.45, 2.75) is 118 Å². The molecule has 3 saturated carbocycles. The predicted molar refractivity (Wildman–Crippen MR) is 128 cm³/mol. The third kappa shape index (κ3) is 3.84. The molecule has 4 aliphatic rings. The Bertz CT molecular complexity index is 634. The summed E-state index contributed by atoms with van der Waals surface area (Å²) in [5.74, 6) is 5.50. The molecule has 0 radical (unpaired) electrons. The number of allylic oxidation sites excluding steroid dienone is 2. The molecule has 3 fully saturated rings. The predicted octanol–water partition coefficient (Wildman–Crippen LogP) is 8.02. The lowest BCUT2D eigenvalue weighted by Crippen LogP contribution is -2.52. The Hall–Kier alpha value is -0.300. The van der Waals surface area contributed by atoms with Gasteiger partial charge in [0.2, 0.25) is 0 Å². The fourth-order valence-corrected chi connectivity index (χ4v) is 8.92. The topological polar surface area (TPSA) is 20.2 Å². The van der Waals surface area contributed by atoms with Crippen LogP contribution in [0.2, 0.25) is 0 Å². The van der Waals surface area contributed by atoms with Crippen LogP contribution in [-0.4, -0.2) is 11.2 Å². The Morgan fingerprint density at radius 3 is 2.40 bits per heavy atom. The molecule has 0 bridgehead atoms. The SMILES string of the molecule is CC(C)CCCC(C)CC1CCC2C3=CCC4C(C)C(O)CCC4(C)C3CCC12C. The van der Waals surface area contributed by atoms with Crippen molar-refractivity contribution in [3.05, 3.63) is 11.6 Å². The molecule has 30 heavy (non-hydrogen) atoms. The van der Waals surface area contributed by atoms with E-state index in [1.165, 1.54) is 64.2 Å². The van der Waals surface area contributed by atoms with Crippen molar-refractivity contribution in [1.29, 1.82) is 0 Å². The van der Waals surface area contributed by atoms with Gasteiger partial charge in [-0.15, -0.1) is 0 Å². The molecular weight excluding hydrogens is 364 g/mol. The van der Waals surface area contributed by atoms with E-state index in [-0.39, 0.29) is 6.10 Å². The summed E-state index contributed by atoms with van der Waals surface area (Å²) in [5.41, 5.74) is 2.87. The first-order valence-electron chi connectivity index (χ1n) is 13.5. The van der Waals surface area contributed by atoms with E-state index in [1.807, 2.05) is 5.57 Å². The van der Waals surface area contributed by atoms with Gasteiger partial charge in [0.05, 0.1) is 6.10 Å². The molecule has 1 heteroatoms. The second-order valence-electron chi connectivity index (χ2n) is 13.1. The summed E-state index contributed by atoms with van der Waals surface area (Å²) in [7, 11) is 0. The van der Waals surface area contributed by atoms with Gasteiger partial charge in [0.15, 0.2) is 0 Å². The van der Waals surface area contributed by atoms with Crippen LogP contribution < -0.4 is 0 Å². The van der Waals surface area contributed by atoms with Gasteiger partial charge in [0.1, 0.15) is 0 Å². The van der Waals surface area contributed by atoms with E-state index in [9.17, 15) is 5.11 Å². The van der Waals surface area contributed by atoms with E-state index in [2.05, 4.69) is 47.6 Å². The van der Waals surface area contributed by atoms with Gasteiger partial charge >= 0.3 is 0 Å². The van der Waals surface area contributed by atoms with Crippen LogP contribution in [0.25, 0.3) is 0 Å². The molecule has 172 valence electrons. The molecule has 1 N–H and O–H groups in total. The highest BCUT2D eigenvalue weighted by Gasteiger charge is 2.58. The number of fused-ring (bicyclic) bond motifs is 5. The summed E-state index contributed by atoms with van der Waals surface area (Å²) in [4.78, 5) is 0. The second-order valence-corrected chi connectivity index (χ2v) is 13.1. The monoisotopic (exact) mass is 414 g/mol. The molecule has 0 spiro atoms. The maximum atomic E-state index is 10.5. The molecule has 9 unspecified atom stereocenters. The lowest BCUT2D eigenvalue weighted by Gasteiger charge is -2.59. The van der Waals surface area contributed by atoms with Crippen molar-refractivity contribution >= 4 is 0 Å². The number of hydrogen-bond donors (Lipinski definition) is 1. The molecule has 0 aromatic heterocycles. The third-order valence-electron chi connectivity index (χ3n) is 10.9. The van der Waals surface area contributed by atoms with Crippen LogP contribution in [-0.2, 0) is 0 Å². The highest BCUT2D eigenvalue weighted by atomic mass is 16.3. The minimum absolute atomic E-state index is 0.0695. The minimum Gasteiger partial charge on any atom is -0.393 e. The standard InChI is InChI=1S/C29H50O/c1-19(2)8-7-9-20(3)18-22-10-12-25-23-11-13-24-21(4)27(30)15-17-29(24,6)26(23)14-16-28(22,25)5/h11,19-22,24-27,30H,7-10,12-18H2,1-6H3. The first-order chi connectivity index (χ1) is 14.2. The average molecular weight is 415 g/mol. The van der Waals surface area contributed by atoms with Crippen LogP contribution in [0.3, 0.4) is 0 Å². The van der Waals surface area contributed by atoms with Gasteiger partial charge in [-0.1, -0.05) is 72.5 Å². The number of rotatable bonds is 6. The molecule has 4 rings (SSSR count). The number of aliphatic hydroxyl groups is 1. The van der Waals surface area contributed by atoms with E-state index in [1.54, 1.807) is 0 Å². The quantitative estimate of drug-likeness (QED) is 0.436. The van der Waals surface area contributed by atoms with Crippen LogP contribution >= 0.6 is 0 Å². The maximum Gasteiger partial charge on any atom is 0.0568 e. The number of hydrogen-bond acceptors (Lipinski definition) is 1. The van der Waals surface area contributed by atoms with Gasteiger partial charge in [-0.25, -0.2) is 0 Å². The molecule has 4 aliphatic carbocycles. The van der Waals surface area contributed by atoms with Crippen molar-refractivity contribution in [3.63, 3.8) is 0 Å². The third-order valence-corrected chi connectivity index (χ3v) is 10.9. The maximum absolute atomic E-state index is 10.5. The molecule has 9 atom stereocenters. The van der Waals surface area contributed by atoms with Crippen LogP contribution in [0.5, 0.6) is 0 Å². The van der Waals surface area contributed by atoms with E-state index in [0.717, 1.165) is 36.0 Å². The molecule has 0 saturated heterocycles. The van der Waals surface area contributed by atoms with Gasteiger partial charge in [0.25, 0.3) is 0 Å². The molecule has 0 aromatic carbocycles. The van der Waals surface area contributed by atoms with Crippen molar-refractivity contribution in [2.75, 3.05) is 0 Å². The normalized spacial score (nSPS) is 46.7. The van der Waals surface area contributed by atoms with Crippen LogP contribution in [0.4, 0.5) is 0 Å². The minimum atomic E-state index is -0.0695. The summed E-state index contributed by atoms with van der Waals surface area (Å²) in [6.45, 7) is 14.9. The molecule has 0 aliphatic heterocycles.